The van der Waals surface area contributed by atoms with Gasteiger partial charge >= 0.3 is 5.97 Å². The van der Waals surface area contributed by atoms with Crippen LogP contribution in [0.5, 0.6) is 5.75 Å². The van der Waals surface area contributed by atoms with Crippen LogP contribution in [0.1, 0.15) is 12.5 Å². The summed E-state index contributed by atoms with van der Waals surface area (Å²) in [6.45, 7) is 2.06. The smallest absolute Gasteiger partial charge is 0.344 e. The van der Waals surface area contributed by atoms with Gasteiger partial charge in [-0.2, -0.15) is 0 Å². The van der Waals surface area contributed by atoms with E-state index in [2.05, 4.69) is 0 Å². The lowest BCUT2D eigenvalue weighted by Gasteiger charge is -2.05. The fourth-order valence-corrected chi connectivity index (χ4v) is 1.20. The zero-order valence-corrected chi connectivity index (χ0v) is 9.29. The third-order valence-electron chi connectivity index (χ3n) is 1.74. The summed E-state index contributed by atoms with van der Waals surface area (Å²) in [6, 6.07) is 7.26. The lowest BCUT2D eigenvalue weighted by Crippen LogP contribution is -2.14. The van der Waals surface area contributed by atoms with E-state index in [-0.39, 0.29) is 12.6 Å². The largest absolute Gasteiger partial charge is 0.482 e. The Hall–Kier alpha value is -1.22. The Morgan fingerprint density at radius 3 is 2.53 bits per heavy atom. The third-order valence-corrected chi connectivity index (χ3v) is 2.05. The van der Waals surface area contributed by atoms with Gasteiger partial charge in [0.05, 0.1) is 6.61 Å². The van der Waals surface area contributed by atoms with Crippen LogP contribution in [0.15, 0.2) is 24.3 Å². The van der Waals surface area contributed by atoms with E-state index >= 15 is 0 Å². The molecule has 1 aromatic carbocycles. The van der Waals surface area contributed by atoms with Gasteiger partial charge in [-0.05, 0) is 24.6 Å². The topological polar surface area (TPSA) is 35.5 Å². The van der Waals surface area contributed by atoms with Gasteiger partial charge in [-0.25, -0.2) is 4.79 Å². The first kappa shape index (κ1) is 11.9. The monoisotopic (exact) mass is 228 g/mol. The molecule has 4 heteroatoms. The van der Waals surface area contributed by atoms with Crippen LogP contribution in [-0.4, -0.2) is 19.2 Å². The van der Waals surface area contributed by atoms with Crippen molar-refractivity contribution in [3.8, 4) is 5.75 Å². The number of hydrogen-bond acceptors (Lipinski definition) is 3. The fraction of sp³-hybridized carbons (Fsp3) is 0.364. The van der Waals surface area contributed by atoms with Gasteiger partial charge in [-0.1, -0.05) is 12.1 Å². The molecule has 0 atom stereocenters. The van der Waals surface area contributed by atoms with E-state index in [1.165, 1.54) is 0 Å². The summed E-state index contributed by atoms with van der Waals surface area (Å²) in [7, 11) is 0. The average molecular weight is 229 g/mol. The van der Waals surface area contributed by atoms with Crippen molar-refractivity contribution < 1.29 is 14.3 Å². The van der Waals surface area contributed by atoms with Crippen LogP contribution in [0.3, 0.4) is 0 Å². The van der Waals surface area contributed by atoms with E-state index in [1.54, 1.807) is 19.1 Å². The molecule has 82 valence electrons. The van der Waals surface area contributed by atoms with Crippen LogP contribution in [0.2, 0.25) is 0 Å². The number of carbonyl (C=O) groups excluding carboxylic acids is 1. The first-order valence-electron chi connectivity index (χ1n) is 4.69. The molecule has 0 saturated heterocycles. The summed E-state index contributed by atoms with van der Waals surface area (Å²) in [5, 5.41) is 0. The van der Waals surface area contributed by atoms with Crippen molar-refractivity contribution >= 4 is 17.6 Å². The third kappa shape index (κ3) is 4.21. The molecule has 0 unspecified atom stereocenters. The molecule has 0 saturated carbocycles. The van der Waals surface area contributed by atoms with E-state index in [0.29, 0.717) is 18.2 Å². The maximum absolute atomic E-state index is 11.0. The Morgan fingerprint density at radius 2 is 2.00 bits per heavy atom. The zero-order valence-electron chi connectivity index (χ0n) is 8.53. The number of esters is 1. The van der Waals surface area contributed by atoms with Crippen molar-refractivity contribution in [1.82, 2.24) is 0 Å². The van der Waals surface area contributed by atoms with Crippen molar-refractivity contribution in [2.45, 2.75) is 12.8 Å². The second-order valence-corrected chi connectivity index (χ2v) is 3.14. The highest BCUT2D eigenvalue weighted by atomic mass is 35.5. The number of ether oxygens (including phenoxy) is 2. The van der Waals surface area contributed by atoms with Crippen molar-refractivity contribution in [2.75, 3.05) is 13.2 Å². The standard InChI is InChI=1S/C11H13ClO3/c1-2-14-11(13)8-15-10-5-3-9(7-12)4-6-10/h3-6H,2,7-8H2,1H3. The van der Waals surface area contributed by atoms with Crippen molar-refractivity contribution in [1.29, 1.82) is 0 Å². The van der Waals surface area contributed by atoms with Gasteiger partial charge in [0.15, 0.2) is 6.61 Å². The Kier molecular flexibility index (Phi) is 4.98. The molecule has 0 aliphatic heterocycles. The second kappa shape index (κ2) is 6.30. The minimum absolute atomic E-state index is 0.0614. The Bertz CT molecular complexity index is 308. The van der Waals surface area contributed by atoms with Gasteiger partial charge in [0.1, 0.15) is 5.75 Å². The summed E-state index contributed by atoms with van der Waals surface area (Å²) >= 11 is 5.63. The first-order valence-corrected chi connectivity index (χ1v) is 5.23. The second-order valence-electron chi connectivity index (χ2n) is 2.87. The molecule has 0 aromatic heterocycles. The molecule has 0 aliphatic rings. The van der Waals surface area contributed by atoms with Gasteiger partial charge in [-0.3, -0.25) is 0 Å². The number of carbonyl (C=O) groups is 1. The fourth-order valence-electron chi connectivity index (χ4n) is 1.02. The molecule has 0 N–H and O–H groups in total. The van der Waals surface area contributed by atoms with Crippen LogP contribution in [0, 0.1) is 0 Å². The van der Waals surface area contributed by atoms with E-state index in [4.69, 9.17) is 21.1 Å². The minimum atomic E-state index is -0.362. The Labute approximate surface area is 93.9 Å². The molecule has 0 fully saturated rings. The summed E-state index contributed by atoms with van der Waals surface area (Å²) in [5.41, 5.74) is 1.01. The van der Waals surface area contributed by atoms with Crippen LogP contribution >= 0.6 is 11.6 Å². The summed E-state index contributed by atoms with van der Waals surface area (Å²) in [6.07, 6.45) is 0. The van der Waals surface area contributed by atoms with Crippen molar-refractivity contribution in [2.24, 2.45) is 0 Å². The molecule has 3 nitrogen and oxygen atoms in total. The number of benzene rings is 1. The Balaban J connectivity index is 2.40. The maximum Gasteiger partial charge on any atom is 0.344 e. The van der Waals surface area contributed by atoms with Gasteiger partial charge in [0, 0.05) is 5.88 Å². The SMILES string of the molecule is CCOC(=O)COc1ccc(CCl)cc1. The summed E-state index contributed by atoms with van der Waals surface area (Å²) in [5.74, 6) is 0.744. The first-order chi connectivity index (χ1) is 7.26. The van der Waals surface area contributed by atoms with E-state index < -0.39 is 0 Å². The lowest BCUT2D eigenvalue weighted by molar-refractivity contribution is -0.145. The molecular weight excluding hydrogens is 216 g/mol. The zero-order chi connectivity index (χ0) is 11.1. The number of halogens is 1. The minimum Gasteiger partial charge on any atom is -0.482 e. The molecule has 1 aromatic rings. The van der Waals surface area contributed by atoms with E-state index in [0.717, 1.165) is 5.56 Å². The van der Waals surface area contributed by atoms with Crippen LogP contribution in [0.4, 0.5) is 0 Å². The molecule has 15 heavy (non-hydrogen) atoms. The number of hydrogen-bond donors (Lipinski definition) is 0. The highest BCUT2D eigenvalue weighted by Gasteiger charge is 2.02. The number of rotatable bonds is 5. The molecular formula is C11H13ClO3. The normalized spacial score (nSPS) is 9.73. The molecule has 0 spiro atoms. The van der Waals surface area contributed by atoms with Gasteiger partial charge in [0.2, 0.25) is 0 Å². The molecule has 0 bridgehead atoms. The predicted octanol–water partition coefficient (Wildman–Crippen LogP) is 2.37. The number of alkyl halides is 1. The Morgan fingerprint density at radius 1 is 1.33 bits per heavy atom. The van der Waals surface area contributed by atoms with Gasteiger partial charge in [-0.15, -0.1) is 11.6 Å². The van der Waals surface area contributed by atoms with Crippen molar-refractivity contribution in [3.05, 3.63) is 29.8 Å². The highest BCUT2D eigenvalue weighted by Crippen LogP contribution is 2.13. The van der Waals surface area contributed by atoms with E-state index in [1.807, 2.05) is 12.1 Å². The summed E-state index contributed by atoms with van der Waals surface area (Å²) in [4.78, 5) is 11.0. The van der Waals surface area contributed by atoms with Crippen LogP contribution in [-0.2, 0) is 15.4 Å². The van der Waals surface area contributed by atoms with Gasteiger partial charge < -0.3 is 9.47 Å². The van der Waals surface area contributed by atoms with Crippen LogP contribution < -0.4 is 4.74 Å². The average Bonchev–Trinajstić information content (AvgIpc) is 2.27. The maximum atomic E-state index is 11.0. The molecule has 0 heterocycles. The molecule has 0 aliphatic carbocycles. The van der Waals surface area contributed by atoms with Gasteiger partial charge in [0.25, 0.3) is 0 Å². The predicted molar refractivity (Wildman–Crippen MR) is 58.1 cm³/mol. The lowest BCUT2D eigenvalue weighted by atomic mass is 10.2. The summed E-state index contributed by atoms with van der Waals surface area (Å²) < 4.78 is 9.93. The van der Waals surface area contributed by atoms with Crippen LogP contribution in [0.25, 0.3) is 0 Å². The van der Waals surface area contributed by atoms with E-state index in [9.17, 15) is 4.79 Å². The molecule has 0 radical (unpaired) electrons. The highest BCUT2D eigenvalue weighted by molar-refractivity contribution is 6.17. The molecule has 1 rings (SSSR count). The van der Waals surface area contributed by atoms with Crippen molar-refractivity contribution in [3.63, 3.8) is 0 Å². The quantitative estimate of drug-likeness (QED) is 0.573. The molecule has 0 amide bonds.